The highest BCUT2D eigenvalue weighted by Gasteiger charge is 2.32. The van der Waals surface area contributed by atoms with Crippen LogP contribution in [-0.2, 0) is 25.7 Å². The second-order valence-electron chi connectivity index (χ2n) is 13.5. The molecule has 0 aliphatic heterocycles. The first-order valence-electron chi connectivity index (χ1n) is 18.2. The third-order valence-electron chi connectivity index (χ3n) is 10.6. The number of fused-ring (bicyclic) bond motifs is 12. The topological polar surface area (TPSA) is 91.8 Å². The molecule has 0 spiro atoms. The lowest BCUT2D eigenvalue weighted by Crippen LogP contribution is -2.12. The average molecular weight is 703 g/mol. The molecule has 262 valence electrons. The van der Waals surface area contributed by atoms with Crippen molar-refractivity contribution in [2.24, 2.45) is 0 Å². The van der Waals surface area contributed by atoms with Gasteiger partial charge in [0.25, 0.3) is 0 Å². The predicted octanol–water partition coefficient (Wildman–Crippen LogP) is 11.4. The van der Waals surface area contributed by atoms with Gasteiger partial charge in [-0.1, -0.05) is 84.9 Å². The van der Waals surface area contributed by atoms with E-state index in [-0.39, 0.29) is 0 Å². The van der Waals surface area contributed by atoms with Crippen LogP contribution in [0.1, 0.15) is 36.1 Å². The molecule has 0 amide bonds. The molecular formula is C48H38N4O2. The summed E-state index contributed by atoms with van der Waals surface area (Å²) in [5.41, 5.74) is 13.5. The number of ether oxygens (including phenoxy) is 2. The molecule has 6 nitrogen and oxygen atoms in total. The summed E-state index contributed by atoms with van der Waals surface area (Å²) in [5, 5.41) is 21.7. The predicted molar refractivity (Wildman–Crippen MR) is 219 cm³/mol. The summed E-state index contributed by atoms with van der Waals surface area (Å²) in [5.74, 6) is 1.62. The van der Waals surface area contributed by atoms with E-state index in [2.05, 4.69) is 109 Å². The zero-order valence-corrected chi connectivity index (χ0v) is 30.8. The molecule has 10 rings (SSSR count). The van der Waals surface area contributed by atoms with Crippen LogP contribution in [0.2, 0.25) is 0 Å². The minimum absolute atomic E-state index is 0.812. The average Bonchev–Trinajstić information content (AvgIpc) is 3.21. The first kappa shape index (κ1) is 34.3. The third kappa shape index (κ3) is 5.65. The third-order valence-corrected chi connectivity index (χ3v) is 10.6. The molecule has 2 aliphatic carbocycles. The van der Waals surface area contributed by atoms with E-state index in [0.717, 1.165) is 81.9 Å². The number of nitriles is 2. The van der Waals surface area contributed by atoms with Gasteiger partial charge in [-0.2, -0.15) is 10.5 Å². The number of pyridine rings is 2. The summed E-state index contributed by atoms with van der Waals surface area (Å²) in [7, 11) is 3.54. The molecule has 0 saturated heterocycles. The molecule has 54 heavy (non-hydrogen) atoms. The highest BCUT2D eigenvalue weighted by atomic mass is 16.5. The largest absolute Gasteiger partial charge is 0.496 e. The Morgan fingerprint density at radius 1 is 0.463 bits per heavy atom. The van der Waals surface area contributed by atoms with E-state index >= 15 is 0 Å². The minimum atomic E-state index is 0.812. The molecule has 0 bridgehead atoms. The first-order valence-corrected chi connectivity index (χ1v) is 18.2. The zero-order chi connectivity index (χ0) is 37.3. The van der Waals surface area contributed by atoms with Crippen LogP contribution >= 0.6 is 0 Å². The highest BCUT2D eigenvalue weighted by molar-refractivity contribution is 6.09. The molecule has 0 unspecified atom stereocenters. The lowest BCUT2D eigenvalue weighted by molar-refractivity contribution is 0.410. The van der Waals surface area contributed by atoms with Crippen LogP contribution in [0.25, 0.3) is 77.0 Å². The van der Waals surface area contributed by atoms with Gasteiger partial charge < -0.3 is 9.47 Å². The molecular weight excluding hydrogens is 665 g/mol. The summed E-state index contributed by atoms with van der Waals surface area (Å²) in [6.07, 6.45) is 3.75. The standard InChI is InChI=1S/C44H32N2O2.2C2H3N/c1-47-35-21-19-27-13-17-31-23-29-15-11-25-7-3-5-9-33(25)41(29)45-43(31)37(27)39(35)40-36(48-2)22-20-28-14-18-32-24-30-16-12-26-8-4-6-10-34(26)42(30)46-44(32)38(28)40;2*1-2-3/h3-12,15-16,19-24H,13-14,17-18H2,1-2H3;2*1H3. The van der Waals surface area contributed by atoms with Crippen molar-refractivity contribution in [2.75, 3.05) is 14.2 Å². The number of hydrogen-bond donors (Lipinski definition) is 0. The number of benzene rings is 6. The summed E-state index contributed by atoms with van der Waals surface area (Å²) < 4.78 is 12.5. The fourth-order valence-electron chi connectivity index (χ4n) is 8.31. The Morgan fingerprint density at radius 3 is 1.24 bits per heavy atom. The number of nitrogens with zero attached hydrogens (tertiary/aromatic N) is 4. The fourth-order valence-corrected chi connectivity index (χ4v) is 8.31. The van der Waals surface area contributed by atoms with Crippen molar-refractivity contribution in [3.05, 3.63) is 131 Å². The fraction of sp³-hybridized carbons (Fsp3) is 0.167. The summed E-state index contributed by atoms with van der Waals surface area (Å²) in [6.45, 7) is 2.86. The Hall–Kier alpha value is -6.76. The second-order valence-corrected chi connectivity index (χ2v) is 13.5. The maximum Gasteiger partial charge on any atom is 0.127 e. The Kier molecular flexibility index (Phi) is 9.12. The second kappa shape index (κ2) is 14.3. The van der Waals surface area contributed by atoms with Gasteiger partial charge in [0.1, 0.15) is 11.5 Å². The van der Waals surface area contributed by atoms with Crippen LogP contribution in [0.4, 0.5) is 0 Å². The van der Waals surface area contributed by atoms with Crippen LogP contribution < -0.4 is 9.47 Å². The molecule has 2 aromatic heterocycles. The quantitative estimate of drug-likeness (QED) is 0.170. The maximum atomic E-state index is 7.32. The molecule has 0 N–H and O–H groups in total. The van der Waals surface area contributed by atoms with Crippen molar-refractivity contribution < 1.29 is 9.47 Å². The van der Waals surface area contributed by atoms with Gasteiger partial charge in [-0.25, -0.2) is 9.97 Å². The van der Waals surface area contributed by atoms with Gasteiger partial charge in [0.15, 0.2) is 0 Å². The normalized spacial score (nSPS) is 12.1. The lowest BCUT2D eigenvalue weighted by Gasteiger charge is -2.29. The SMILES string of the molecule is CC#N.CC#N.COc1ccc2c(c1-c1c(OC)ccc3c1-c1nc4c(ccc5ccccc54)cc1CC3)-c1nc3c(ccc4ccccc43)cc1CC2. The number of aromatic nitrogens is 2. The Morgan fingerprint density at radius 2 is 0.833 bits per heavy atom. The van der Waals surface area contributed by atoms with E-state index in [1.54, 1.807) is 26.4 Å². The van der Waals surface area contributed by atoms with Crippen molar-refractivity contribution in [1.82, 2.24) is 9.97 Å². The van der Waals surface area contributed by atoms with Gasteiger partial charge >= 0.3 is 0 Å². The Balaban J connectivity index is 0.000000649. The van der Waals surface area contributed by atoms with Crippen LogP contribution in [0.15, 0.2) is 109 Å². The molecule has 2 heterocycles. The van der Waals surface area contributed by atoms with E-state index in [9.17, 15) is 0 Å². The molecule has 2 aliphatic rings. The maximum absolute atomic E-state index is 7.32. The van der Waals surface area contributed by atoms with Gasteiger partial charge in [-0.15, -0.1) is 0 Å². The van der Waals surface area contributed by atoms with E-state index < -0.39 is 0 Å². The summed E-state index contributed by atoms with van der Waals surface area (Å²) in [6, 6.07) is 42.8. The zero-order valence-electron chi connectivity index (χ0n) is 30.8. The highest BCUT2D eigenvalue weighted by Crippen LogP contribution is 2.53. The van der Waals surface area contributed by atoms with E-state index in [1.165, 1.54) is 68.4 Å². The van der Waals surface area contributed by atoms with Crippen LogP contribution in [0.5, 0.6) is 11.5 Å². The Labute approximate surface area is 314 Å². The smallest absolute Gasteiger partial charge is 0.127 e. The molecule has 0 saturated carbocycles. The minimum Gasteiger partial charge on any atom is -0.496 e. The molecule has 0 atom stereocenters. The van der Waals surface area contributed by atoms with Gasteiger partial charge in [0.2, 0.25) is 0 Å². The van der Waals surface area contributed by atoms with E-state index in [4.69, 9.17) is 30.0 Å². The number of hydrogen-bond acceptors (Lipinski definition) is 6. The summed E-state index contributed by atoms with van der Waals surface area (Å²) in [4.78, 5) is 11.0. The van der Waals surface area contributed by atoms with Crippen molar-refractivity contribution in [3.63, 3.8) is 0 Å². The van der Waals surface area contributed by atoms with Gasteiger partial charge in [0, 0.05) is 57.6 Å². The number of rotatable bonds is 3. The molecule has 8 aromatic rings. The van der Waals surface area contributed by atoms with Crippen molar-refractivity contribution >= 4 is 43.4 Å². The van der Waals surface area contributed by atoms with Crippen LogP contribution in [-0.4, -0.2) is 24.2 Å². The molecule has 6 aromatic carbocycles. The first-order chi connectivity index (χ1) is 26.5. The Bertz CT molecular complexity index is 2670. The van der Waals surface area contributed by atoms with Gasteiger partial charge in [-0.3, -0.25) is 0 Å². The van der Waals surface area contributed by atoms with E-state index in [0.29, 0.717) is 0 Å². The molecule has 0 radical (unpaired) electrons. The summed E-state index contributed by atoms with van der Waals surface area (Å²) >= 11 is 0. The number of aryl methyl sites for hydroxylation is 4. The van der Waals surface area contributed by atoms with Crippen LogP contribution in [0, 0.1) is 22.7 Å². The monoisotopic (exact) mass is 702 g/mol. The van der Waals surface area contributed by atoms with Crippen LogP contribution in [0.3, 0.4) is 0 Å². The van der Waals surface area contributed by atoms with Crippen molar-refractivity contribution in [1.29, 1.82) is 10.5 Å². The molecule has 6 heteroatoms. The van der Waals surface area contributed by atoms with E-state index in [1.807, 2.05) is 0 Å². The van der Waals surface area contributed by atoms with Crippen molar-refractivity contribution in [3.8, 4) is 57.3 Å². The number of methoxy groups -OCH3 is 2. The molecule has 0 fully saturated rings. The van der Waals surface area contributed by atoms with Gasteiger partial charge in [0.05, 0.1) is 48.8 Å². The van der Waals surface area contributed by atoms with Gasteiger partial charge in [-0.05, 0) is 83.0 Å². The lowest BCUT2D eigenvalue weighted by atomic mass is 9.78. The van der Waals surface area contributed by atoms with Crippen molar-refractivity contribution in [2.45, 2.75) is 39.5 Å².